The van der Waals surface area contributed by atoms with Crippen LogP contribution in [0.15, 0.2) is 163 Å². The number of aliphatic carboxylic acids is 1. The SMILES string of the molecule is CC(=O)N[C@@H](Cc1ccc2ccccc2c1)C(=O)N[C@@H](Cc1ccccc1)C(=O)N[C@@H](Cc1ccccc1)C(=O)N[C@@H](CO)C(=O)N[C@@H](Cc1ccc(O)cc1)C(=O)N[C@@H](CCCCN)CN[C@@H](Cc1ccccc1)C(=O)N[C@@H](CCCN=C(N)N)C(=O)N1CCC[C@@H]1C(=O)N[C@@H](C)C(=O)O. The van der Waals surface area contributed by atoms with Crippen molar-refractivity contribution in [3.63, 3.8) is 0 Å². The number of nitrogens with two attached hydrogens (primary N) is 3. The number of aliphatic hydroxyl groups excluding tert-OH is 1. The molecule has 0 unspecified atom stereocenters. The number of unbranched alkanes of at least 4 members (excludes halogenated alkanes) is 1. The van der Waals surface area contributed by atoms with Gasteiger partial charge in [0, 0.05) is 58.3 Å². The van der Waals surface area contributed by atoms with Crippen LogP contribution in [0.4, 0.5) is 0 Å². The molecule has 27 heteroatoms. The molecular formula is C74H94N14O13. The third-order valence-corrected chi connectivity index (χ3v) is 17.3. The van der Waals surface area contributed by atoms with E-state index in [1.165, 1.54) is 30.9 Å². The Morgan fingerprint density at radius 2 is 0.970 bits per heavy atom. The second kappa shape index (κ2) is 39.7. The van der Waals surface area contributed by atoms with Gasteiger partial charge >= 0.3 is 5.97 Å². The van der Waals surface area contributed by atoms with Gasteiger partial charge in [0.25, 0.3) is 0 Å². The Bertz CT molecular complexity index is 3770. The molecule has 1 heterocycles. The smallest absolute Gasteiger partial charge is 0.325 e. The van der Waals surface area contributed by atoms with Gasteiger partial charge in [-0.25, -0.2) is 0 Å². The van der Waals surface area contributed by atoms with Crippen LogP contribution in [0, 0.1) is 0 Å². The lowest BCUT2D eigenvalue weighted by atomic mass is 9.99. The van der Waals surface area contributed by atoms with Gasteiger partial charge < -0.3 is 85.3 Å². The zero-order chi connectivity index (χ0) is 72.8. The third kappa shape index (κ3) is 25.2. The minimum absolute atomic E-state index is 0.0435. The van der Waals surface area contributed by atoms with Gasteiger partial charge in [0.1, 0.15) is 54.1 Å². The minimum atomic E-state index is -1.73. The molecule has 0 aliphatic carbocycles. The number of aromatic hydroxyl groups is 1. The van der Waals surface area contributed by atoms with E-state index in [-0.39, 0.29) is 82.7 Å². The molecule has 0 saturated carbocycles. The second-order valence-corrected chi connectivity index (χ2v) is 25.2. The summed E-state index contributed by atoms with van der Waals surface area (Å²) in [4.78, 5) is 146. The number of phenolic OH excluding ortho intramolecular Hbond substituents is 1. The van der Waals surface area contributed by atoms with Crippen molar-refractivity contribution in [3.05, 3.63) is 186 Å². The summed E-state index contributed by atoms with van der Waals surface area (Å²) in [6.07, 6.45) is 2.13. The zero-order valence-corrected chi connectivity index (χ0v) is 56.9. The summed E-state index contributed by atoms with van der Waals surface area (Å²) >= 11 is 0. The van der Waals surface area contributed by atoms with Gasteiger partial charge in [0.15, 0.2) is 5.96 Å². The van der Waals surface area contributed by atoms with Gasteiger partial charge in [-0.3, -0.25) is 52.9 Å². The highest BCUT2D eigenvalue weighted by atomic mass is 16.4. The van der Waals surface area contributed by atoms with E-state index in [1.807, 2.05) is 60.7 Å². The molecule has 538 valence electrons. The largest absolute Gasteiger partial charge is 0.508 e. The van der Waals surface area contributed by atoms with E-state index in [9.17, 15) is 63.3 Å². The van der Waals surface area contributed by atoms with E-state index in [0.29, 0.717) is 48.9 Å². The fraction of sp³-hybridized carbons (Fsp3) is 0.392. The molecule has 1 fully saturated rings. The zero-order valence-electron chi connectivity index (χ0n) is 56.9. The Morgan fingerprint density at radius 3 is 1.50 bits per heavy atom. The molecule has 9 amide bonds. The van der Waals surface area contributed by atoms with Gasteiger partial charge in [-0.2, -0.15) is 0 Å². The number of benzene rings is 6. The van der Waals surface area contributed by atoms with E-state index in [1.54, 1.807) is 84.9 Å². The summed E-state index contributed by atoms with van der Waals surface area (Å²) in [5.41, 5.74) is 20.4. The number of rotatable bonds is 39. The number of nitrogens with zero attached hydrogens (tertiary/aromatic N) is 2. The van der Waals surface area contributed by atoms with E-state index in [4.69, 9.17) is 17.2 Å². The monoisotopic (exact) mass is 1390 g/mol. The molecule has 0 radical (unpaired) electrons. The maximum absolute atomic E-state index is 14.9. The molecule has 6 aromatic rings. The molecule has 6 aromatic carbocycles. The quantitative estimate of drug-likeness (QED) is 0.0146. The highest BCUT2D eigenvalue weighted by Crippen LogP contribution is 2.22. The highest BCUT2D eigenvalue weighted by molar-refractivity contribution is 5.98. The first kappa shape index (κ1) is 77.6. The summed E-state index contributed by atoms with van der Waals surface area (Å²) in [5.74, 6) is -7.93. The number of carbonyl (C=O) groups excluding carboxylic acids is 9. The number of hydrogen-bond donors (Lipinski definition) is 15. The van der Waals surface area contributed by atoms with Crippen LogP contribution in [-0.2, 0) is 80.0 Å². The van der Waals surface area contributed by atoms with Crippen molar-refractivity contribution in [2.24, 2.45) is 22.2 Å². The summed E-state index contributed by atoms with van der Waals surface area (Å²) < 4.78 is 0. The summed E-state index contributed by atoms with van der Waals surface area (Å²) in [5, 5.41) is 57.9. The van der Waals surface area contributed by atoms with Gasteiger partial charge in [0.05, 0.1) is 12.6 Å². The molecule has 18 N–H and O–H groups in total. The lowest BCUT2D eigenvalue weighted by Crippen LogP contribution is -2.61. The molecule has 0 spiro atoms. The van der Waals surface area contributed by atoms with Crippen molar-refractivity contribution in [3.8, 4) is 5.75 Å². The number of likely N-dealkylation sites (tertiary alicyclic amines) is 1. The van der Waals surface area contributed by atoms with Crippen molar-refractivity contribution in [1.82, 2.24) is 52.8 Å². The van der Waals surface area contributed by atoms with Gasteiger partial charge in [-0.05, 0) is 109 Å². The first-order chi connectivity index (χ1) is 48.6. The first-order valence-electron chi connectivity index (χ1n) is 34.0. The summed E-state index contributed by atoms with van der Waals surface area (Å²) in [6.45, 7) is 2.13. The minimum Gasteiger partial charge on any atom is -0.508 e. The number of hydrogen-bond acceptors (Lipinski definition) is 15. The van der Waals surface area contributed by atoms with Crippen LogP contribution in [0.5, 0.6) is 5.75 Å². The van der Waals surface area contributed by atoms with Crippen LogP contribution in [0.1, 0.15) is 86.6 Å². The second-order valence-electron chi connectivity index (χ2n) is 25.2. The number of aliphatic imine (C=N–C) groups is 1. The predicted octanol–water partition coefficient (Wildman–Crippen LogP) is 1.19. The molecule has 1 aliphatic rings. The van der Waals surface area contributed by atoms with Crippen molar-refractivity contribution < 1.29 is 63.3 Å². The van der Waals surface area contributed by atoms with Crippen molar-refractivity contribution in [2.75, 3.05) is 32.8 Å². The predicted molar refractivity (Wildman–Crippen MR) is 381 cm³/mol. The number of phenols is 1. The van der Waals surface area contributed by atoms with Crippen LogP contribution in [0.2, 0.25) is 0 Å². The van der Waals surface area contributed by atoms with Crippen LogP contribution in [-0.4, -0.2) is 179 Å². The molecule has 1 aliphatic heterocycles. The Labute approximate surface area is 587 Å². The number of fused-ring (bicyclic) bond motifs is 1. The Kier molecular flexibility index (Phi) is 30.5. The van der Waals surface area contributed by atoms with Crippen LogP contribution in [0.25, 0.3) is 10.8 Å². The molecule has 7 rings (SSSR count). The Morgan fingerprint density at radius 1 is 0.515 bits per heavy atom. The average Bonchev–Trinajstić information content (AvgIpc) is 1.74. The number of nitrogens with one attached hydrogen (secondary N) is 9. The van der Waals surface area contributed by atoms with Crippen molar-refractivity contribution in [1.29, 1.82) is 0 Å². The molecule has 0 bridgehead atoms. The topological polar surface area (TPSA) is 433 Å². The fourth-order valence-electron chi connectivity index (χ4n) is 11.9. The van der Waals surface area contributed by atoms with Gasteiger partial charge in [-0.1, -0.05) is 152 Å². The molecule has 0 aromatic heterocycles. The number of aliphatic hydroxyl groups is 1. The maximum Gasteiger partial charge on any atom is 0.325 e. The molecule has 27 nitrogen and oxygen atoms in total. The van der Waals surface area contributed by atoms with E-state index in [2.05, 4.69) is 52.8 Å². The summed E-state index contributed by atoms with van der Waals surface area (Å²) in [7, 11) is 0. The maximum atomic E-state index is 14.9. The Balaban J connectivity index is 1.11. The Hall–Kier alpha value is -10.8. The molecule has 1 saturated heterocycles. The number of carbonyl (C=O) groups is 10. The van der Waals surface area contributed by atoms with E-state index in [0.717, 1.165) is 21.9 Å². The van der Waals surface area contributed by atoms with Crippen molar-refractivity contribution >= 4 is 75.9 Å². The number of guanidine groups is 1. The third-order valence-electron chi connectivity index (χ3n) is 17.3. The number of carboxylic acids is 1. The summed E-state index contributed by atoms with van der Waals surface area (Å²) in [6, 6.07) is 33.5. The van der Waals surface area contributed by atoms with Crippen LogP contribution >= 0.6 is 0 Å². The number of amides is 9. The lowest BCUT2D eigenvalue weighted by molar-refractivity contribution is -0.144. The molecule has 101 heavy (non-hydrogen) atoms. The average molecular weight is 1390 g/mol. The van der Waals surface area contributed by atoms with Crippen LogP contribution in [0.3, 0.4) is 0 Å². The fourth-order valence-corrected chi connectivity index (χ4v) is 11.9. The molecular weight excluding hydrogens is 1290 g/mol. The highest BCUT2D eigenvalue weighted by Gasteiger charge is 2.40. The first-order valence-corrected chi connectivity index (χ1v) is 34.0. The van der Waals surface area contributed by atoms with E-state index < -0.39 is 126 Å². The molecule has 10 atom stereocenters. The standard InChI is InChI=1S/C74H94N14O13/c1-46(73(100)101)80-71(98)64-28-17-37-88(64)72(99)57(27-16-36-78-74(76)77)83-65(92)58(39-48-18-6-3-7-19-48)79-44-55(26-14-15-35-75)82-66(93)60(42-51-30-33-56(91)34-31-51)86-70(97)63(45-89)87-69(96)62(41-50-22-10-5-11-23-50)85-68(95)61(40-49-20-8-4-9-21-49)84-67(94)59(81-47(2)90)43-52-29-32-53-24-12-13-25-54(53)38-52/h3-13,18-25,29-34,38,46,55,57-64,79,89,91H,14-17,26-28,35-37,39-45,75H2,1-2H3,(H,80,98)(H,81,90)(H,82,93)(H,83,92)(H,84,94)(H,85,95)(H,86,97)(H,87,96)(H,100,101)(H4,76,77,78)/t46-,55-,57-,58-,59-,60-,61-,62-,63-,64+/m0/s1. The van der Waals surface area contributed by atoms with E-state index >= 15 is 0 Å². The normalized spacial score (nSPS) is 15.3. The lowest BCUT2D eigenvalue weighted by Gasteiger charge is -2.31. The van der Waals surface area contributed by atoms with Crippen LogP contribution < -0.4 is 65.1 Å². The van der Waals surface area contributed by atoms with Gasteiger partial charge in [-0.15, -0.1) is 0 Å². The number of carboxylic acid groups (broad SMARTS) is 1. The van der Waals surface area contributed by atoms with Gasteiger partial charge in [0.2, 0.25) is 53.2 Å². The van der Waals surface area contributed by atoms with Crippen molar-refractivity contribution in [2.45, 2.75) is 151 Å².